The zero-order valence-electron chi connectivity index (χ0n) is 15.7. The highest BCUT2D eigenvalue weighted by Crippen LogP contribution is 2.29. The van der Waals surface area contributed by atoms with E-state index in [0.717, 1.165) is 6.07 Å². The Morgan fingerprint density at radius 1 is 1.20 bits per heavy atom. The molecule has 1 aromatic rings. The summed E-state index contributed by atoms with van der Waals surface area (Å²) in [6.45, 7) is 8.57. The van der Waals surface area contributed by atoms with Gasteiger partial charge in [0, 0.05) is 31.2 Å². The molecule has 0 fully saturated rings. The van der Waals surface area contributed by atoms with Crippen molar-refractivity contribution in [3.63, 3.8) is 0 Å². The second-order valence-electron chi connectivity index (χ2n) is 6.59. The van der Waals surface area contributed by atoms with E-state index in [1.807, 2.05) is 32.8 Å². The second kappa shape index (κ2) is 8.11. The maximum absolute atomic E-state index is 12.6. The van der Waals surface area contributed by atoms with Gasteiger partial charge in [-0.1, -0.05) is 13.8 Å². The van der Waals surface area contributed by atoms with Crippen molar-refractivity contribution in [1.82, 2.24) is 9.21 Å². The summed E-state index contributed by atoms with van der Waals surface area (Å²) in [5.74, 6) is 0. The summed E-state index contributed by atoms with van der Waals surface area (Å²) >= 11 is 0. The molecule has 0 amide bonds. The van der Waals surface area contributed by atoms with Crippen LogP contribution in [0.3, 0.4) is 0 Å². The van der Waals surface area contributed by atoms with Crippen molar-refractivity contribution in [3.8, 4) is 0 Å². The van der Waals surface area contributed by atoms with E-state index in [1.54, 1.807) is 13.8 Å². The second-order valence-corrected chi connectivity index (χ2v) is 8.52. The van der Waals surface area contributed by atoms with Crippen LogP contribution >= 0.6 is 0 Å². The molecule has 0 bridgehead atoms. The van der Waals surface area contributed by atoms with Gasteiger partial charge in [-0.15, -0.1) is 0 Å². The van der Waals surface area contributed by atoms with Crippen molar-refractivity contribution in [2.75, 3.05) is 39.0 Å². The third-order valence-electron chi connectivity index (χ3n) is 4.43. The van der Waals surface area contributed by atoms with Gasteiger partial charge in [0.1, 0.15) is 5.69 Å². The quantitative estimate of drug-likeness (QED) is 0.528. The lowest BCUT2D eigenvalue weighted by Crippen LogP contribution is -2.44. The zero-order chi connectivity index (χ0) is 19.4. The number of hydrogen-bond donors (Lipinski definition) is 1. The fourth-order valence-corrected chi connectivity index (χ4v) is 3.63. The summed E-state index contributed by atoms with van der Waals surface area (Å²) in [6.07, 6.45) is 0. The summed E-state index contributed by atoms with van der Waals surface area (Å²) in [6, 6.07) is 3.99. The molecule has 142 valence electrons. The van der Waals surface area contributed by atoms with Gasteiger partial charge in [-0.2, -0.15) is 4.31 Å². The van der Waals surface area contributed by atoms with Crippen LogP contribution in [0.5, 0.6) is 0 Å². The predicted octanol–water partition coefficient (Wildman–Crippen LogP) is 2.38. The third kappa shape index (κ3) is 4.90. The highest BCUT2D eigenvalue weighted by molar-refractivity contribution is 7.89. The average Bonchev–Trinajstić information content (AvgIpc) is 2.53. The lowest BCUT2D eigenvalue weighted by molar-refractivity contribution is -0.384. The summed E-state index contributed by atoms with van der Waals surface area (Å²) in [4.78, 5) is 12.8. The number of nitrogens with zero attached hydrogens (tertiary/aromatic N) is 3. The fourth-order valence-electron chi connectivity index (χ4n) is 2.15. The molecule has 0 atom stereocenters. The minimum absolute atomic E-state index is 0.0691. The van der Waals surface area contributed by atoms with Gasteiger partial charge in [0.05, 0.1) is 9.82 Å². The van der Waals surface area contributed by atoms with Gasteiger partial charge in [0.25, 0.3) is 5.69 Å². The molecule has 25 heavy (non-hydrogen) atoms. The first-order chi connectivity index (χ1) is 11.5. The SMILES string of the molecule is CCN(CC)S(=O)(=O)c1ccc(NCC(C)(C)N(C)C)c([N+](=O)[O-])c1. The van der Waals surface area contributed by atoms with Gasteiger partial charge in [0.15, 0.2) is 0 Å². The van der Waals surface area contributed by atoms with Crippen molar-refractivity contribution < 1.29 is 13.3 Å². The molecular formula is C16H28N4O4S. The monoisotopic (exact) mass is 372 g/mol. The number of sulfonamides is 1. The van der Waals surface area contributed by atoms with Crippen LogP contribution < -0.4 is 5.32 Å². The maximum atomic E-state index is 12.6. The van der Waals surface area contributed by atoms with Gasteiger partial charge in [-0.05, 0) is 40.1 Å². The summed E-state index contributed by atoms with van der Waals surface area (Å²) < 4.78 is 26.4. The molecule has 0 unspecified atom stereocenters. The Kier molecular flexibility index (Phi) is 6.92. The Labute approximate surface area is 150 Å². The van der Waals surface area contributed by atoms with Crippen LogP contribution in [0.25, 0.3) is 0 Å². The Morgan fingerprint density at radius 2 is 1.76 bits per heavy atom. The van der Waals surface area contributed by atoms with E-state index in [0.29, 0.717) is 25.3 Å². The van der Waals surface area contributed by atoms with Crippen LogP contribution in [0.2, 0.25) is 0 Å². The molecule has 1 aromatic carbocycles. The Hall–Kier alpha value is -1.71. The van der Waals surface area contributed by atoms with Crippen molar-refractivity contribution in [1.29, 1.82) is 0 Å². The minimum atomic E-state index is -3.74. The fraction of sp³-hybridized carbons (Fsp3) is 0.625. The molecule has 0 aromatic heterocycles. The normalized spacial score (nSPS) is 12.6. The molecule has 1 N–H and O–H groups in total. The van der Waals surface area contributed by atoms with Crippen molar-refractivity contribution in [2.45, 2.75) is 38.1 Å². The topological polar surface area (TPSA) is 95.8 Å². The van der Waals surface area contributed by atoms with Crippen molar-refractivity contribution in [2.24, 2.45) is 0 Å². The number of nitro benzene ring substituents is 1. The summed E-state index contributed by atoms with van der Waals surface area (Å²) in [7, 11) is 0.115. The number of anilines is 1. The first kappa shape index (κ1) is 21.3. The highest BCUT2D eigenvalue weighted by atomic mass is 32.2. The molecule has 1 rings (SSSR count). The molecule has 9 heteroatoms. The van der Waals surface area contributed by atoms with E-state index in [9.17, 15) is 18.5 Å². The molecule has 0 aliphatic heterocycles. The van der Waals surface area contributed by atoms with E-state index in [4.69, 9.17) is 0 Å². The van der Waals surface area contributed by atoms with Crippen molar-refractivity contribution in [3.05, 3.63) is 28.3 Å². The molecule has 0 heterocycles. The first-order valence-electron chi connectivity index (χ1n) is 8.17. The molecule has 0 radical (unpaired) electrons. The van der Waals surface area contributed by atoms with E-state index in [1.165, 1.54) is 16.4 Å². The average molecular weight is 372 g/mol. The third-order valence-corrected chi connectivity index (χ3v) is 6.48. The van der Waals surface area contributed by atoms with Gasteiger partial charge < -0.3 is 10.2 Å². The van der Waals surface area contributed by atoms with Crippen LogP contribution in [-0.4, -0.2) is 61.8 Å². The number of nitro groups is 1. The van der Waals surface area contributed by atoms with Gasteiger partial charge >= 0.3 is 0 Å². The molecule has 0 saturated carbocycles. The van der Waals surface area contributed by atoms with Crippen LogP contribution in [0.1, 0.15) is 27.7 Å². The van der Waals surface area contributed by atoms with E-state index in [-0.39, 0.29) is 16.1 Å². The number of hydrogen-bond acceptors (Lipinski definition) is 6. The lowest BCUT2D eigenvalue weighted by atomic mass is 10.0. The number of benzene rings is 1. The van der Waals surface area contributed by atoms with Gasteiger partial charge in [-0.3, -0.25) is 10.1 Å². The van der Waals surface area contributed by atoms with E-state index in [2.05, 4.69) is 5.32 Å². The Morgan fingerprint density at radius 3 is 2.20 bits per heavy atom. The van der Waals surface area contributed by atoms with Crippen molar-refractivity contribution >= 4 is 21.4 Å². The molecule has 0 spiro atoms. The molecule has 0 aliphatic rings. The van der Waals surface area contributed by atoms with Gasteiger partial charge in [0.2, 0.25) is 10.0 Å². The van der Waals surface area contributed by atoms with Crippen LogP contribution in [-0.2, 0) is 10.0 Å². The number of nitrogens with one attached hydrogen (secondary N) is 1. The Balaban J connectivity index is 3.23. The van der Waals surface area contributed by atoms with Crippen LogP contribution in [0, 0.1) is 10.1 Å². The predicted molar refractivity (Wildman–Crippen MR) is 99.5 cm³/mol. The summed E-state index contributed by atoms with van der Waals surface area (Å²) in [5, 5.41) is 14.5. The summed E-state index contributed by atoms with van der Waals surface area (Å²) in [5.41, 5.74) is -0.166. The standard InChI is InChI=1S/C16H28N4O4S/c1-7-19(8-2)25(23,24)13-9-10-14(15(11-13)20(21)22)17-12-16(3,4)18(5)6/h9-11,17H,7-8,12H2,1-6H3. The minimum Gasteiger partial charge on any atom is -0.378 e. The first-order valence-corrected chi connectivity index (χ1v) is 9.61. The number of rotatable bonds is 9. The highest BCUT2D eigenvalue weighted by Gasteiger charge is 2.27. The van der Waals surface area contributed by atoms with Crippen LogP contribution in [0.4, 0.5) is 11.4 Å². The van der Waals surface area contributed by atoms with Crippen LogP contribution in [0.15, 0.2) is 23.1 Å². The lowest BCUT2D eigenvalue weighted by Gasteiger charge is -2.33. The molecule has 8 nitrogen and oxygen atoms in total. The molecule has 0 saturated heterocycles. The molecular weight excluding hydrogens is 344 g/mol. The van der Waals surface area contributed by atoms with E-state index >= 15 is 0 Å². The van der Waals surface area contributed by atoms with E-state index < -0.39 is 14.9 Å². The Bertz CT molecular complexity index is 713. The largest absolute Gasteiger partial charge is 0.378 e. The number of likely N-dealkylation sites (N-methyl/N-ethyl adjacent to an activating group) is 1. The maximum Gasteiger partial charge on any atom is 0.293 e. The smallest absolute Gasteiger partial charge is 0.293 e. The van der Waals surface area contributed by atoms with Gasteiger partial charge in [-0.25, -0.2) is 8.42 Å². The zero-order valence-corrected chi connectivity index (χ0v) is 16.6. The molecule has 0 aliphatic carbocycles.